The zero-order chi connectivity index (χ0) is 20.5. The molecule has 0 saturated heterocycles. The zero-order valence-corrected chi connectivity index (χ0v) is 16.0. The quantitative estimate of drug-likeness (QED) is 0.669. The molecule has 0 bridgehead atoms. The highest BCUT2D eigenvalue weighted by molar-refractivity contribution is 5.94. The van der Waals surface area contributed by atoms with Crippen LogP contribution in [-0.2, 0) is 4.79 Å². The minimum Gasteiger partial charge on any atom is -0.493 e. The smallest absolute Gasteiger partial charge is 0.254 e. The molecule has 5 nitrogen and oxygen atoms in total. The fraction of sp³-hybridized carbons (Fsp3) is 0.333. The molecule has 2 amide bonds. The Morgan fingerprint density at radius 1 is 1.14 bits per heavy atom. The van der Waals surface area contributed by atoms with Gasteiger partial charge in [-0.3, -0.25) is 9.59 Å². The second-order valence-corrected chi connectivity index (χ2v) is 6.41. The van der Waals surface area contributed by atoms with Crippen LogP contribution in [0.15, 0.2) is 42.5 Å². The van der Waals surface area contributed by atoms with Crippen LogP contribution in [0.25, 0.3) is 0 Å². The van der Waals surface area contributed by atoms with Crippen molar-refractivity contribution in [3.05, 3.63) is 65.2 Å². The number of nitrogens with zero attached hydrogens (tertiary/aromatic N) is 1. The Balaban J connectivity index is 1.66. The summed E-state index contributed by atoms with van der Waals surface area (Å²) in [7, 11) is 1.68. The van der Waals surface area contributed by atoms with Gasteiger partial charge in [-0.1, -0.05) is 18.2 Å². The van der Waals surface area contributed by atoms with E-state index in [4.69, 9.17) is 4.74 Å². The summed E-state index contributed by atoms with van der Waals surface area (Å²) in [5.74, 6) is -1.69. The summed E-state index contributed by atoms with van der Waals surface area (Å²) in [5.41, 5.74) is 0.802. The van der Waals surface area contributed by atoms with Crippen LogP contribution in [0.1, 0.15) is 28.8 Å². The molecule has 0 atom stereocenters. The Labute approximate surface area is 163 Å². The summed E-state index contributed by atoms with van der Waals surface area (Å²) in [5, 5.41) is 2.47. The van der Waals surface area contributed by atoms with Gasteiger partial charge in [0.15, 0.2) is 0 Å². The molecule has 0 unspecified atom stereocenters. The predicted molar refractivity (Wildman–Crippen MR) is 102 cm³/mol. The third kappa shape index (κ3) is 6.33. The molecule has 2 aromatic carbocycles. The number of rotatable bonds is 9. The first-order chi connectivity index (χ1) is 13.4. The van der Waals surface area contributed by atoms with Gasteiger partial charge in [0.25, 0.3) is 5.91 Å². The van der Waals surface area contributed by atoms with E-state index in [9.17, 15) is 18.4 Å². The fourth-order valence-electron chi connectivity index (χ4n) is 2.57. The number of para-hydroxylation sites is 1. The highest BCUT2D eigenvalue weighted by atomic mass is 19.1. The van der Waals surface area contributed by atoms with E-state index in [0.29, 0.717) is 25.6 Å². The molecular formula is C21H24F2N2O3. The molecule has 0 spiro atoms. The Hall–Kier alpha value is -2.96. The average Bonchev–Trinajstić information content (AvgIpc) is 2.66. The fourth-order valence-corrected chi connectivity index (χ4v) is 2.57. The lowest BCUT2D eigenvalue weighted by Gasteiger charge is -2.17. The third-order valence-corrected chi connectivity index (χ3v) is 4.21. The Morgan fingerprint density at radius 2 is 1.89 bits per heavy atom. The summed E-state index contributed by atoms with van der Waals surface area (Å²) in [6, 6.07) is 10.4. The lowest BCUT2D eigenvalue weighted by Crippen LogP contribution is -2.33. The molecule has 0 aromatic heterocycles. The van der Waals surface area contributed by atoms with E-state index in [1.807, 2.05) is 31.2 Å². The number of aryl methyl sites for hydroxylation is 1. The normalized spacial score (nSPS) is 10.4. The van der Waals surface area contributed by atoms with Gasteiger partial charge < -0.3 is 15.0 Å². The molecule has 0 aliphatic carbocycles. The second kappa shape index (κ2) is 10.4. The van der Waals surface area contributed by atoms with Gasteiger partial charge in [0.05, 0.1) is 12.2 Å². The summed E-state index contributed by atoms with van der Waals surface area (Å²) in [6.07, 6.45) is 0.757. The van der Waals surface area contributed by atoms with Crippen LogP contribution in [-0.4, -0.2) is 43.5 Å². The maximum absolute atomic E-state index is 13.5. The van der Waals surface area contributed by atoms with E-state index < -0.39 is 17.5 Å². The van der Waals surface area contributed by atoms with E-state index in [0.717, 1.165) is 23.4 Å². The van der Waals surface area contributed by atoms with Gasteiger partial charge in [-0.05, 0) is 37.1 Å². The number of carbonyl (C=O) groups is 2. The molecule has 1 N–H and O–H groups in total. The summed E-state index contributed by atoms with van der Waals surface area (Å²) in [6.45, 7) is 3.05. The number of ether oxygens (including phenoxy) is 1. The second-order valence-electron chi connectivity index (χ2n) is 6.41. The van der Waals surface area contributed by atoms with Crippen LogP contribution in [0.4, 0.5) is 8.78 Å². The van der Waals surface area contributed by atoms with Gasteiger partial charge in [-0.15, -0.1) is 0 Å². The number of carbonyl (C=O) groups excluding carboxylic acids is 2. The van der Waals surface area contributed by atoms with Crippen molar-refractivity contribution in [2.75, 3.05) is 26.7 Å². The largest absolute Gasteiger partial charge is 0.493 e. The van der Waals surface area contributed by atoms with Crippen molar-refractivity contribution >= 4 is 11.8 Å². The Kier molecular flexibility index (Phi) is 7.92. The molecule has 28 heavy (non-hydrogen) atoms. The van der Waals surface area contributed by atoms with Crippen LogP contribution < -0.4 is 10.1 Å². The molecule has 2 aromatic rings. The summed E-state index contributed by atoms with van der Waals surface area (Å²) < 4.78 is 32.1. The van der Waals surface area contributed by atoms with Gasteiger partial charge >= 0.3 is 0 Å². The van der Waals surface area contributed by atoms with Crippen molar-refractivity contribution in [1.82, 2.24) is 10.2 Å². The van der Waals surface area contributed by atoms with Gasteiger partial charge in [0, 0.05) is 32.6 Å². The number of nitrogens with one attached hydrogen (secondary N) is 1. The molecule has 7 heteroatoms. The van der Waals surface area contributed by atoms with E-state index in [2.05, 4.69) is 5.32 Å². The molecule has 2 rings (SSSR count). The Morgan fingerprint density at radius 3 is 2.61 bits per heavy atom. The molecule has 150 valence electrons. The summed E-state index contributed by atoms with van der Waals surface area (Å²) >= 11 is 0. The van der Waals surface area contributed by atoms with Crippen LogP contribution in [0.2, 0.25) is 0 Å². The molecule has 0 fully saturated rings. The molecule has 0 aliphatic rings. The zero-order valence-electron chi connectivity index (χ0n) is 16.0. The first-order valence-corrected chi connectivity index (χ1v) is 9.04. The molecular weight excluding hydrogens is 366 g/mol. The molecule has 0 aliphatic heterocycles. The lowest BCUT2D eigenvalue weighted by atomic mass is 10.2. The van der Waals surface area contributed by atoms with Gasteiger partial charge in [0.1, 0.15) is 17.4 Å². The lowest BCUT2D eigenvalue weighted by molar-refractivity contribution is -0.129. The predicted octanol–water partition coefficient (Wildman–Crippen LogP) is 3.32. The molecule has 0 heterocycles. The van der Waals surface area contributed by atoms with E-state index in [1.54, 1.807) is 11.9 Å². The first kappa shape index (κ1) is 21.3. The number of halogens is 2. The SMILES string of the molecule is Cc1ccccc1OCCCN(C)C(=O)CCNC(=O)c1ccc(F)cc1F. The maximum atomic E-state index is 13.5. The number of benzene rings is 2. The monoisotopic (exact) mass is 390 g/mol. The summed E-state index contributed by atoms with van der Waals surface area (Å²) in [4.78, 5) is 25.5. The van der Waals surface area contributed by atoms with Crippen molar-refractivity contribution in [2.45, 2.75) is 19.8 Å². The van der Waals surface area contributed by atoms with E-state index in [-0.39, 0.29) is 24.4 Å². The van der Waals surface area contributed by atoms with Crippen molar-refractivity contribution in [1.29, 1.82) is 0 Å². The van der Waals surface area contributed by atoms with Crippen LogP contribution >= 0.6 is 0 Å². The van der Waals surface area contributed by atoms with Crippen molar-refractivity contribution in [3.8, 4) is 5.75 Å². The first-order valence-electron chi connectivity index (χ1n) is 9.04. The minimum atomic E-state index is -0.936. The van der Waals surface area contributed by atoms with Crippen LogP contribution in [0, 0.1) is 18.6 Å². The van der Waals surface area contributed by atoms with Crippen molar-refractivity contribution in [2.24, 2.45) is 0 Å². The maximum Gasteiger partial charge on any atom is 0.254 e. The molecule has 0 saturated carbocycles. The van der Waals surface area contributed by atoms with Gasteiger partial charge in [-0.25, -0.2) is 8.78 Å². The molecule has 0 radical (unpaired) electrons. The minimum absolute atomic E-state index is 0.0680. The highest BCUT2D eigenvalue weighted by Crippen LogP contribution is 2.16. The van der Waals surface area contributed by atoms with Gasteiger partial charge in [0.2, 0.25) is 5.91 Å². The van der Waals surface area contributed by atoms with Crippen molar-refractivity contribution in [3.63, 3.8) is 0 Å². The van der Waals surface area contributed by atoms with E-state index >= 15 is 0 Å². The number of hydrogen-bond acceptors (Lipinski definition) is 3. The van der Waals surface area contributed by atoms with Gasteiger partial charge in [-0.2, -0.15) is 0 Å². The van der Waals surface area contributed by atoms with Crippen molar-refractivity contribution < 1.29 is 23.1 Å². The number of amides is 2. The van der Waals surface area contributed by atoms with Crippen LogP contribution in [0.3, 0.4) is 0 Å². The highest BCUT2D eigenvalue weighted by Gasteiger charge is 2.14. The Bertz CT molecular complexity index is 827. The number of hydrogen-bond donors (Lipinski definition) is 1. The standard InChI is InChI=1S/C21H24F2N2O3/c1-15-6-3-4-7-19(15)28-13-5-12-25(2)20(26)10-11-24-21(27)17-9-8-16(22)14-18(17)23/h3-4,6-9,14H,5,10-13H2,1-2H3,(H,24,27). The average molecular weight is 390 g/mol. The third-order valence-electron chi connectivity index (χ3n) is 4.21. The van der Waals surface area contributed by atoms with Crippen LogP contribution in [0.5, 0.6) is 5.75 Å². The topological polar surface area (TPSA) is 58.6 Å². The van der Waals surface area contributed by atoms with E-state index in [1.165, 1.54) is 0 Å².